The van der Waals surface area contributed by atoms with Crippen LogP contribution < -0.4 is 10.2 Å². The number of carbonyl (C=O) groups excluding carboxylic acids is 1. The Labute approximate surface area is 144 Å². The Morgan fingerprint density at radius 2 is 1.83 bits per heavy atom. The summed E-state index contributed by atoms with van der Waals surface area (Å²) in [7, 11) is 0. The molecule has 5 heteroatoms. The Morgan fingerprint density at radius 1 is 1.12 bits per heavy atom. The fourth-order valence-corrected chi connectivity index (χ4v) is 3.33. The Hall–Kier alpha value is -1.75. The van der Waals surface area contributed by atoms with Gasteiger partial charge in [-0.2, -0.15) is 0 Å². The number of anilines is 2. The van der Waals surface area contributed by atoms with E-state index >= 15 is 0 Å². The molecular formula is C19H29N3O2. The number of hydrogen-bond donors (Lipinski definition) is 2. The van der Waals surface area contributed by atoms with E-state index in [1.165, 1.54) is 24.9 Å². The number of rotatable bonds is 7. The van der Waals surface area contributed by atoms with E-state index in [9.17, 15) is 4.79 Å². The first-order valence-corrected chi connectivity index (χ1v) is 9.31. The molecule has 1 aromatic rings. The number of benzene rings is 1. The summed E-state index contributed by atoms with van der Waals surface area (Å²) in [5.41, 5.74) is 2.10. The molecule has 1 saturated carbocycles. The van der Waals surface area contributed by atoms with Crippen molar-refractivity contribution in [2.24, 2.45) is 0 Å². The second kappa shape index (κ2) is 8.38. The van der Waals surface area contributed by atoms with Gasteiger partial charge in [0.25, 0.3) is 0 Å². The summed E-state index contributed by atoms with van der Waals surface area (Å²) in [6.45, 7) is 3.18. The second-order valence-corrected chi connectivity index (χ2v) is 6.88. The number of nitrogens with one attached hydrogen (secondary N) is 1. The monoisotopic (exact) mass is 331 g/mol. The lowest BCUT2D eigenvalue weighted by atomic mass is 10.1. The lowest BCUT2D eigenvalue weighted by Crippen LogP contribution is -2.37. The number of aliphatic hydroxyl groups is 1. The van der Waals surface area contributed by atoms with Crippen LogP contribution in [0.4, 0.5) is 16.2 Å². The number of piperidine rings is 1. The summed E-state index contributed by atoms with van der Waals surface area (Å²) in [5, 5.41) is 11.9. The van der Waals surface area contributed by atoms with Crippen LogP contribution in [0.1, 0.15) is 44.9 Å². The van der Waals surface area contributed by atoms with Crippen molar-refractivity contribution in [1.82, 2.24) is 4.90 Å². The Balaban J connectivity index is 1.54. The van der Waals surface area contributed by atoms with Crippen molar-refractivity contribution in [3.8, 4) is 0 Å². The van der Waals surface area contributed by atoms with Crippen molar-refractivity contribution < 1.29 is 9.90 Å². The number of amides is 2. The van der Waals surface area contributed by atoms with E-state index in [0.29, 0.717) is 6.04 Å². The van der Waals surface area contributed by atoms with Crippen molar-refractivity contribution in [2.75, 3.05) is 36.5 Å². The van der Waals surface area contributed by atoms with Crippen LogP contribution in [-0.2, 0) is 0 Å². The molecule has 3 rings (SSSR count). The summed E-state index contributed by atoms with van der Waals surface area (Å²) in [4.78, 5) is 16.9. The van der Waals surface area contributed by atoms with Gasteiger partial charge in [0.15, 0.2) is 0 Å². The van der Waals surface area contributed by atoms with E-state index in [2.05, 4.69) is 22.3 Å². The first kappa shape index (κ1) is 17.1. The minimum absolute atomic E-state index is 0.0128. The summed E-state index contributed by atoms with van der Waals surface area (Å²) in [5.74, 6) is 0. The van der Waals surface area contributed by atoms with Crippen LogP contribution in [0.5, 0.6) is 0 Å². The van der Waals surface area contributed by atoms with Gasteiger partial charge < -0.3 is 20.2 Å². The van der Waals surface area contributed by atoms with Gasteiger partial charge in [0.05, 0.1) is 0 Å². The van der Waals surface area contributed by atoms with Gasteiger partial charge in [-0.1, -0.05) is 0 Å². The molecule has 2 fully saturated rings. The standard InChI is InChI=1S/C19H29N3O2/c23-15-5-4-14-22(18-10-11-18)19(24)20-16-6-8-17(9-7-16)21-12-2-1-3-13-21/h6-9,18,23H,1-5,10-15H2,(H,20,24). The molecule has 0 unspecified atom stereocenters. The molecule has 24 heavy (non-hydrogen) atoms. The highest BCUT2D eigenvalue weighted by Crippen LogP contribution is 2.28. The van der Waals surface area contributed by atoms with E-state index in [0.717, 1.165) is 51.0 Å². The molecule has 1 aliphatic heterocycles. The van der Waals surface area contributed by atoms with Crippen molar-refractivity contribution in [3.63, 3.8) is 0 Å². The average molecular weight is 331 g/mol. The van der Waals surface area contributed by atoms with Crippen LogP contribution in [0, 0.1) is 0 Å². The number of urea groups is 1. The summed E-state index contributed by atoms with van der Waals surface area (Å²) < 4.78 is 0. The first-order valence-electron chi connectivity index (χ1n) is 9.31. The van der Waals surface area contributed by atoms with Gasteiger partial charge in [-0.05, 0) is 69.2 Å². The number of carbonyl (C=O) groups is 1. The molecule has 0 atom stereocenters. The Kier molecular flexibility index (Phi) is 5.96. The number of hydrogen-bond acceptors (Lipinski definition) is 3. The highest BCUT2D eigenvalue weighted by Gasteiger charge is 2.32. The molecule has 5 nitrogen and oxygen atoms in total. The average Bonchev–Trinajstić information content (AvgIpc) is 3.45. The Bertz CT molecular complexity index is 522. The lowest BCUT2D eigenvalue weighted by Gasteiger charge is -2.29. The van der Waals surface area contributed by atoms with E-state index in [1.807, 2.05) is 17.0 Å². The van der Waals surface area contributed by atoms with Crippen LogP contribution in [0.2, 0.25) is 0 Å². The molecular weight excluding hydrogens is 302 g/mol. The minimum Gasteiger partial charge on any atom is -0.396 e. The highest BCUT2D eigenvalue weighted by atomic mass is 16.3. The second-order valence-electron chi connectivity index (χ2n) is 6.88. The van der Waals surface area contributed by atoms with Gasteiger partial charge in [0.1, 0.15) is 0 Å². The van der Waals surface area contributed by atoms with E-state index in [1.54, 1.807) is 0 Å². The molecule has 1 saturated heterocycles. The minimum atomic E-state index is -0.0128. The molecule has 2 N–H and O–H groups in total. The molecule has 1 aliphatic carbocycles. The molecule has 2 amide bonds. The first-order chi connectivity index (χ1) is 11.8. The predicted molar refractivity (Wildman–Crippen MR) is 97.6 cm³/mol. The molecule has 0 spiro atoms. The topological polar surface area (TPSA) is 55.8 Å². The summed E-state index contributed by atoms with van der Waals surface area (Å²) >= 11 is 0. The molecule has 2 aliphatic rings. The molecule has 0 aromatic heterocycles. The number of nitrogens with zero attached hydrogens (tertiary/aromatic N) is 2. The number of aliphatic hydroxyl groups excluding tert-OH is 1. The zero-order valence-electron chi connectivity index (χ0n) is 14.4. The van der Waals surface area contributed by atoms with Gasteiger partial charge in [-0.25, -0.2) is 4.79 Å². The quantitative estimate of drug-likeness (QED) is 0.753. The van der Waals surface area contributed by atoms with E-state index in [-0.39, 0.29) is 12.6 Å². The van der Waals surface area contributed by atoms with Crippen molar-refractivity contribution in [1.29, 1.82) is 0 Å². The highest BCUT2D eigenvalue weighted by molar-refractivity contribution is 5.90. The normalized spacial score (nSPS) is 17.6. The maximum atomic E-state index is 12.5. The fourth-order valence-electron chi connectivity index (χ4n) is 3.33. The number of unbranched alkanes of at least 4 members (excludes halogenated alkanes) is 1. The molecule has 1 heterocycles. The summed E-state index contributed by atoms with van der Waals surface area (Å²) in [6, 6.07) is 8.58. The summed E-state index contributed by atoms with van der Waals surface area (Å²) in [6.07, 6.45) is 7.67. The zero-order valence-corrected chi connectivity index (χ0v) is 14.4. The van der Waals surface area contributed by atoms with Gasteiger partial charge in [-0.3, -0.25) is 0 Å². The third-order valence-corrected chi connectivity index (χ3v) is 4.90. The van der Waals surface area contributed by atoms with Crippen LogP contribution >= 0.6 is 0 Å². The molecule has 0 radical (unpaired) electrons. The van der Waals surface area contributed by atoms with E-state index in [4.69, 9.17) is 5.11 Å². The van der Waals surface area contributed by atoms with Crippen molar-refractivity contribution in [3.05, 3.63) is 24.3 Å². The lowest BCUT2D eigenvalue weighted by molar-refractivity contribution is 0.204. The van der Waals surface area contributed by atoms with Gasteiger partial charge in [-0.15, -0.1) is 0 Å². The SMILES string of the molecule is O=C(Nc1ccc(N2CCCCC2)cc1)N(CCCCO)C1CC1. The Morgan fingerprint density at radius 3 is 2.46 bits per heavy atom. The largest absolute Gasteiger partial charge is 0.396 e. The zero-order chi connectivity index (χ0) is 16.8. The third-order valence-electron chi connectivity index (χ3n) is 4.90. The van der Waals surface area contributed by atoms with Gasteiger partial charge in [0, 0.05) is 43.7 Å². The maximum Gasteiger partial charge on any atom is 0.322 e. The van der Waals surface area contributed by atoms with Crippen LogP contribution in [0.25, 0.3) is 0 Å². The molecule has 0 bridgehead atoms. The predicted octanol–water partition coefficient (Wildman–Crippen LogP) is 3.45. The smallest absolute Gasteiger partial charge is 0.322 e. The van der Waals surface area contributed by atoms with Gasteiger partial charge in [0.2, 0.25) is 0 Å². The maximum absolute atomic E-state index is 12.5. The van der Waals surface area contributed by atoms with Crippen molar-refractivity contribution >= 4 is 17.4 Å². The van der Waals surface area contributed by atoms with E-state index < -0.39 is 0 Å². The molecule has 1 aromatic carbocycles. The fraction of sp³-hybridized carbons (Fsp3) is 0.632. The molecule has 132 valence electrons. The van der Waals surface area contributed by atoms with Gasteiger partial charge >= 0.3 is 6.03 Å². The third kappa shape index (κ3) is 4.63. The van der Waals surface area contributed by atoms with Crippen LogP contribution in [-0.4, -0.2) is 48.3 Å². The van der Waals surface area contributed by atoms with Crippen molar-refractivity contribution in [2.45, 2.75) is 51.0 Å². The van der Waals surface area contributed by atoms with Crippen LogP contribution in [0.15, 0.2) is 24.3 Å². The van der Waals surface area contributed by atoms with Crippen LogP contribution in [0.3, 0.4) is 0 Å².